The van der Waals surface area contributed by atoms with Crippen LogP contribution >= 0.6 is 0 Å². The van der Waals surface area contributed by atoms with Crippen LogP contribution in [-0.2, 0) is 6.54 Å². The molecule has 32 heavy (non-hydrogen) atoms. The highest BCUT2D eigenvalue weighted by Gasteiger charge is 2.21. The summed E-state index contributed by atoms with van der Waals surface area (Å²) in [6.07, 6.45) is 4.44. The quantitative estimate of drug-likeness (QED) is 0.285. The molecule has 160 valence electrons. The van der Waals surface area contributed by atoms with Crippen molar-refractivity contribution in [2.45, 2.75) is 26.3 Å². The molecule has 0 saturated carbocycles. The van der Waals surface area contributed by atoms with E-state index in [0.717, 1.165) is 64.7 Å². The first-order valence-corrected chi connectivity index (χ1v) is 11.2. The minimum atomic E-state index is 0.858. The maximum absolute atomic E-state index is 5.49. The van der Waals surface area contributed by atoms with Gasteiger partial charge in [0, 0.05) is 29.4 Å². The van der Waals surface area contributed by atoms with E-state index in [9.17, 15) is 0 Å². The second-order valence-electron chi connectivity index (χ2n) is 7.96. The maximum atomic E-state index is 5.49. The molecule has 0 aliphatic heterocycles. The van der Waals surface area contributed by atoms with Crippen LogP contribution in [0.4, 0.5) is 0 Å². The zero-order valence-corrected chi connectivity index (χ0v) is 18.5. The number of aromatic nitrogens is 3. The Bertz CT molecular complexity index is 1330. The van der Waals surface area contributed by atoms with Crippen LogP contribution in [0.3, 0.4) is 0 Å². The van der Waals surface area contributed by atoms with Crippen LogP contribution in [0, 0.1) is 0 Å². The molecule has 0 spiro atoms. The van der Waals surface area contributed by atoms with Gasteiger partial charge in [0.15, 0.2) is 0 Å². The van der Waals surface area contributed by atoms with Crippen LogP contribution in [0.1, 0.15) is 19.8 Å². The van der Waals surface area contributed by atoms with Gasteiger partial charge in [-0.05, 0) is 18.6 Å². The van der Waals surface area contributed by atoms with Gasteiger partial charge in [-0.15, -0.1) is 0 Å². The number of nitrogens with zero attached hydrogens (tertiary/aromatic N) is 3. The first kappa shape index (κ1) is 20.1. The average Bonchev–Trinajstić information content (AvgIpc) is 3.40. The van der Waals surface area contributed by atoms with Crippen molar-refractivity contribution in [3.8, 4) is 39.5 Å². The number of aryl methyl sites for hydroxylation is 1. The maximum Gasteiger partial charge on any atom is 0.215 e. The second-order valence-corrected chi connectivity index (χ2v) is 7.96. The smallest absolute Gasteiger partial charge is 0.215 e. The predicted molar refractivity (Wildman–Crippen MR) is 131 cm³/mol. The van der Waals surface area contributed by atoms with Crippen LogP contribution in [0.5, 0.6) is 5.75 Å². The normalized spacial score (nSPS) is 11.2. The Morgan fingerprint density at radius 3 is 2.19 bits per heavy atom. The van der Waals surface area contributed by atoms with E-state index in [1.807, 2.05) is 18.2 Å². The highest BCUT2D eigenvalue weighted by Crippen LogP contribution is 2.36. The molecule has 0 unspecified atom stereocenters. The van der Waals surface area contributed by atoms with Crippen molar-refractivity contribution in [3.63, 3.8) is 0 Å². The third-order valence-electron chi connectivity index (χ3n) is 5.87. The van der Waals surface area contributed by atoms with Crippen LogP contribution < -0.4 is 4.74 Å². The second kappa shape index (κ2) is 8.75. The van der Waals surface area contributed by atoms with Gasteiger partial charge >= 0.3 is 0 Å². The summed E-state index contributed by atoms with van der Waals surface area (Å²) in [5, 5.41) is 0. The van der Waals surface area contributed by atoms with Crippen molar-refractivity contribution in [1.82, 2.24) is 14.0 Å². The first-order chi connectivity index (χ1) is 15.8. The zero-order valence-electron chi connectivity index (χ0n) is 18.5. The molecular formula is C28H27N3O. The van der Waals surface area contributed by atoms with Crippen molar-refractivity contribution in [2.75, 3.05) is 7.11 Å². The number of benzene rings is 3. The Kier molecular flexibility index (Phi) is 5.51. The monoisotopic (exact) mass is 421 g/mol. The molecular weight excluding hydrogens is 394 g/mol. The lowest BCUT2D eigenvalue weighted by molar-refractivity contribution is 0.415. The van der Waals surface area contributed by atoms with Crippen LogP contribution in [0.2, 0.25) is 0 Å². The van der Waals surface area contributed by atoms with E-state index < -0.39 is 0 Å². The summed E-state index contributed by atoms with van der Waals surface area (Å²) in [6.45, 7) is 3.14. The Labute approximate surface area is 188 Å². The minimum Gasteiger partial charge on any atom is -0.497 e. The topological polar surface area (TPSA) is 31.5 Å². The molecule has 2 heterocycles. The molecule has 5 rings (SSSR count). The summed E-state index contributed by atoms with van der Waals surface area (Å²) in [4.78, 5) is 5.20. The first-order valence-electron chi connectivity index (χ1n) is 11.2. The average molecular weight is 422 g/mol. The van der Waals surface area contributed by atoms with Crippen LogP contribution in [0.15, 0.2) is 91.1 Å². The molecule has 0 saturated heterocycles. The summed E-state index contributed by atoms with van der Waals surface area (Å²) >= 11 is 0. The number of methoxy groups -OCH3 is 1. The Balaban J connectivity index is 1.79. The lowest BCUT2D eigenvalue weighted by atomic mass is 10.0. The fourth-order valence-corrected chi connectivity index (χ4v) is 4.25. The minimum absolute atomic E-state index is 0.858. The number of imidazole rings is 2. The van der Waals surface area contributed by atoms with Crippen molar-refractivity contribution in [1.29, 1.82) is 0 Å². The van der Waals surface area contributed by atoms with Gasteiger partial charge in [0.1, 0.15) is 5.75 Å². The number of fused-ring (bicyclic) bond motifs is 1. The van der Waals surface area contributed by atoms with E-state index >= 15 is 0 Å². The molecule has 0 amide bonds. The predicted octanol–water partition coefficient (Wildman–Crippen LogP) is 6.95. The van der Waals surface area contributed by atoms with Gasteiger partial charge in [-0.25, -0.2) is 4.98 Å². The molecule has 4 heteroatoms. The molecule has 2 aromatic heterocycles. The van der Waals surface area contributed by atoms with Crippen LogP contribution in [-0.4, -0.2) is 21.1 Å². The molecule has 3 aromatic carbocycles. The highest BCUT2D eigenvalue weighted by atomic mass is 16.5. The van der Waals surface area contributed by atoms with Gasteiger partial charge in [0.2, 0.25) is 5.78 Å². The fraction of sp³-hybridized carbons (Fsp3) is 0.179. The zero-order chi connectivity index (χ0) is 21.9. The molecule has 0 atom stereocenters. The Morgan fingerprint density at radius 2 is 1.50 bits per heavy atom. The van der Waals surface area contributed by atoms with Gasteiger partial charge in [0.25, 0.3) is 0 Å². The largest absolute Gasteiger partial charge is 0.497 e. The number of hydrogen-bond donors (Lipinski definition) is 0. The number of hydrogen-bond acceptors (Lipinski definition) is 2. The summed E-state index contributed by atoms with van der Waals surface area (Å²) in [5.74, 6) is 1.82. The molecule has 0 aliphatic carbocycles. The Hall–Kier alpha value is -3.79. The van der Waals surface area contributed by atoms with Crippen molar-refractivity contribution in [2.24, 2.45) is 0 Å². The summed E-state index contributed by atoms with van der Waals surface area (Å²) in [5.41, 5.74) is 6.69. The number of ether oxygens (including phenoxy) is 1. The van der Waals surface area contributed by atoms with Crippen molar-refractivity contribution >= 4 is 5.78 Å². The summed E-state index contributed by atoms with van der Waals surface area (Å²) in [6, 6.07) is 29.2. The van der Waals surface area contributed by atoms with E-state index in [1.165, 1.54) is 0 Å². The molecule has 0 N–H and O–H groups in total. The summed E-state index contributed by atoms with van der Waals surface area (Å²) in [7, 11) is 1.71. The van der Waals surface area contributed by atoms with Gasteiger partial charge in [-0.3, -0.25) is 4.40 Å². The third kappa shape index (κ3) is 3.58. The molecule has 0 fully saturated rings. The van der Waals surface area contributed by atoms with E-state index in [1.54, 1.807) is 7.11 Å². The molecule has 0 radical (unpaired) electrons. The number of rotatable bonds is 7. The van der Waals surface area contributed by atoms with Crippen LogP contribution in [0.25, 0.3) is 39.5 Å². The van der Waals surface area contributed by atoms with Gasteiger partial charge in [-0.1, -0.05) is 86.1 Å². The van der Waals surface area contributed by atoms with E-state index in [-0.39, 0.29) is 0 Å². The highest BCUT2D eigenvalue weighted by molar-refractivity contribution is 5.82. The van der Waals surface area contributed by atoms with E-state index in [2.05, 4.69) is 88.8 Å². The summed E-state index contributed by atoms with van der Waals surface area (Å²) < 4.78 is 10.1. The van der Waals surface area contributed by atoms with Crippen molar-refractivity contribution in [3.05, 3.63) is 91.1 Å². The van der Waals surface area contributed by atoms with Gasteiger partial charge in [-0.2, -0.15) is 0 Å². The fourth-order valence-electron chi connectivity index (χ4n) is 4.25. The Morgan fingerprint density at radius 1 is 0.812 bits per heavy atom. The molecule has 0 aliphatic rings. The lowest BCUT2D eigenvalue weighted by Crippen LogP contribution is -2.01. The molecule has 4 nitrogen and oxygen atoms in total. The lowest BCUT2D eigenvalue weighted by Gasteiger charge is -2.09. The molecule has 5 aromatic rings. The standard InChI is InChI=1S/C28H27N3O/c1-3-4-18-30-25(23-16-11-17-24(19-23)32-2)20-31-27(22-14-9-6-10-15-22)26(29-28(30)31)21-12-7-5-8-13-21/h5-17,19-20H,3-4,18H2,1-2H3. The van der Waals surface area contributed by atoms with Gasteiger partial charge < -0.3 is 9.30 Å². The van der Waals surface area contributed by atoms with E-state index in [0.29, 0.717) is 0 Å². The van der Waals surface area contributed by atoms with Gasteiger partial charge in [0.05, 0.1) is 24.2 Å². The van der Waals surface area contributed by atoms with Crippen molar-refractivity contribution < 1.29 is 4.74 Å². The number of unbranched alkanes of at least 4 members (excludes halogenated alkanes) is 1. The SMILES string of the molecule is CCCCn1c(-c2cccc(OC)c2)cn2c(-c3ccccc3)c(-c3ccccc3)nc12. The van der Waals surface area contributed by atoms with E-state index in [4.69, 9.17) is 9.72 Å². The molecule has 0 bridgehead atoms. The third-order valence-corrected chi connectivity index (χ3v) is 5.87.